The third-order valence-electron chi connectivity index (χ3n) is 4.10. The highest BCUT2D eigenvalue weighted by Crippen LogP contribution is 2.25. The van der Waals surface area contributed by atoms with Gasteiger partial charge in [0.2, 0.25) is 5.91 Å². The molecule has 0 radical (unpaired) electrons. The van der Waals surface area contributed by atoms with Gasteiger partial charge in [0.1, 0.15) is 0 Å². The van der Waals surface area contributed by atoms with Crippen LogP contribution < -0.4 is 5.32 Å². The van der Waals surface area contributed by atoms with Crippen molar-refractivity contribution in [2.24, 2.45) is 0 Å². The van der Waals surface area contributed by atoms with Crippen LogP contribution in [0.15, 0.2) is 47.5 Å². The highest BCUT2D eigenvalue weighted by Gasteiger charge is 2.16. The number of carbonyl (C=O) groups is 2. The maximum absolute atomic E-state index is 12.4. The van der Waals surface area contributed by atoms with Crippen molar-refractivity contribution in [3.05, 3.63) is 53.6 Å². The molecule has 2 heterocycles. The van der Waals surface area contributed by atoms with Crippen LogP contribution in [0.2, 0.25) is 0 Å². The molecule has 1 amide bonds. The molecular formula is C21H23N5O3S2. The van der Waals surface area contributed by atoms with E-state index in [1.807, 2.05) is 35.8 Å². The molecule has 31 heavy (non-hydrogen) atoms. The summed E-state index contributed by atoms with van der Waals surface area (Å²) in [6.07, 6.45) is 1.85. The number of allylic oxidation sites excluding steroid dienone is 1. The average molecular weight is 458 g/mol. The third-order valence-corrected chi connectivity index (χ3v) is 5.87. The van der Waals surface area contributed by atoms with Crippen LogP contribution >= 0.6 is 23.1 Å². The summed E-state index contributed by atoms with van der Waals surface area (Å²) in [4.78, 5) is 28.2. The Morgan fingerprint density at radius 1 is 1.29 bits per heavy atom. The Morgan fingerprint density at radius 3 is 2.77 bits per heavy atom. The van der Waals surface area contributed by atoms with Crippen LogP contribution in [0.25, 0.3) is 11.4 Å². The van der Waals surface area contributed by atoms with Gasteiger partial charge < -0.3 is 10.1 Å². The smallest absolute Gasteiger partial charge is 0.311 e. The van der Waals surface area contributed by atoms with Crippen molar-refractivity contribution in [3.63, 3.8) is 0 Å². The number of rotatable bonds is 10. The third kappa shape index (κ3) is 6.25. The fraction of sp³-hybridized carbons (Fsp3) is 0.286. The van der Waals surface area contributed by atoms with Gasteiger partial charge in [-0.2, -0.15) is 0 Å². The number of nitrogens with zero attached hydrogens (tertiary/aromatic N) is 4. The van der Waals surface area contributed by atoms with Crippen LogP contribution in [-0.2, 0) is 27.3 Å². The van der Waals surface area contributed by atoms with Crippen molar-refractivity contribution in [2.45, 2.75) is 32.0 Å². The standard InChI is InChI=1S/C21H23N5O3S2/c1-4-10-26-19(15-8-6-14(3)7-9-15)24-25-21(26)31-13-17(27)23-20-22-16(12-30-20)11-18(28)29-5-2/h4,6-9,12H,1,5,10-11,13H2,2-3H3,(H,22,23,27). The Balaban J connectivity index is 1.61. The van der Waals surface area contributed by atoms with Gasteiger partial charge in [0.05, 0.1) is 24.5 Å². The Bertz CT molecular complexity index is 1060. The van der Waals surface area contributed by atoms with E-state index >= 15 is 0 Å². The summed E-state index contributed by atoms with van der Waals surface area (Å²) in [5, 5.41) is 14.1. The summed E-state index contributed by atoms with van der Waals surface area (Å²) in [5.41, 5.74) is 2.69. The first-order chi connectivity index (χ1) is 15.0. The number of aryl methyl sites for hydroxylation is 1. The molecule has 0 spiro atoms. The number of hydrogen-bond acceptors (Lipinski definition) is 8. The minimum atomic E-state index is -0.341. The van der Waals surface area contributed by atoms with E-state index in [9.17, 15) is 9.59 Å². The SMILES string of the molecule is C=CCn1c(SCC(=O)Nc2nc(CC(=O)OCC)cs2)nnc1-c1ccc(C)cc1. The Labute approximate surface area is 188 Å². The van der Waals surface area contributed by atoms with Gasteiger partial charge >= 0.3 is 5.97 Å². The zero-order valence-corrected chi connectivity index (χ0v) is 19.0. The molecule has 0 bridgehead atoms. The molecule has 0 atom stereocenters. The molecule has 0 aliphatic carbocycles. The second-order valence-corrected chi connectivity index (χ2v) is 8.33. The molecule has 0 fully saturated rings. The quantitative estimate of drug-likeness (QED) is 0.281. The predicted molar refractivity (Wildman–Crippen MR) is 122 cm³/mol. The van der Waals surface area contributed by atoms with E-state index in [4.69, 9.17) is 4.74 Å². The first-order valence-electron chi connectivity index (χ1n) is 9.64. The number of esters is 1. The molecule has 0 aliphatic heterocycles. The molecule has 1 N–H and O–H groups in total. The predicted octanol–water partition coefficient (Wildman–Crippen LogP) is 3.73. The van der Waals surface area contributed by atoms with Gasteiger partial charge in [-0.15, -0.1) is 28.1 Å². The number of ether oxygens (including phenoxy) is 1. The molecule has 8 nitrogen and oxygen atoms in total. The van der Waals surface area contributed by atoms with E-state index in [0.717, 1.165) is 17.0 Å². The summed E-state index contributed by atoms with van der Waals surface area (Å²) in [6.45, 7) is 8.44. The van der Waals surface area contributed by atoms with Crippen LogP contribution in [0.5, 0.6) is 0 Å². The number of aromatic nitrogens is 4. The number of nitrogens with one attached hydrogen (secondary N) is 1. The first kappa shape index (κ1) is 22.7. The number of thiazole rings is 1. The molecule has 3 rings (SSSR count). The number of thioether (sulfide) groups is 1. The van der Waals surface area contributed by atoms with Gasteiger partial charge in [-0.1, -0.05) is 47.7 Å². The van der Waals surface area contributed by atoms with Crippen LogP contribution in [-0.4, -0.2) is 44.0 Å². The van der Waals surface area contributed by atoms with Crippen LogP contribution in [0, 0.1) is 6.92 Å². The van der Waals surface area contributed by atoms with Crippen molar-refractivity contribution in [2.75, 3.05) is 17.7 Å². The Morgan fingerprint density at radius 2 is 2.06 bits per heavy atom. The van der Waals surface area contributed by atoms with Crippen molar-refractivity contribution in [1.82, 2.24) is 19.7 Å². The van der Waals surface area contributed by atoms with E-state index in [2.05, 4.69) is 27.1 Å². The average Bonchev–Trinajstić information content (AvgIpc) is 3.34. The lowest BCUT2D eigenvalue weighted by Crippen LogP contribution is -2.15. The van der Waals surface area contributed by atoms with E-state index < -0.39 is 0 Å². The molecule has 162 valence electrons. The topological polar surface area (TPSA) is 99.0 Å². The second kappa shape index (κ2) is 10.9. The molecule has 0 aliphatic rings. The normalized spacial score (nSPS) is 10.6. The number of benzene rings is 1. The zero-order chi connectivity index (χ0) is 22.2. The largest absolute Gasteiger partial charge is 0.466 e. The second-order valence-electron chi connectivity index (χ2n) is 6.53. The number of hydrogen-bond donors (Lipinski definition) is 1. The maximum Gasteiger partial charge on any atom is 0.311 e. The van der Waals surface area contributed by atoms with Crippen molar-refractivity contribution < 1.29 is 14.3 Å². The number of anilines is 1. The summed E-state index contributed by atoms with van der Waals surface area (Å²) in [5.74, 6) is 0.321. The first-order valence-corrected chi connectivity index (χ1v) is 11.5. The van der Waals surface area contributed by atoms with E-state index in [1.54, 1.807) is 18.4 Å². The minimum Gasteiger partial charge on any atom is -0.466 e. The van der Waals surface area contributed by atoms with Crippen LogP contribution in [0.4, 0.5) is 5.13 Å². The molecule has 0 saturated carbocycles. The molecule has 0 unspecified atom stereocenters. The Kier molecular flexibility index (Phi) is 7.96. The van der Waals surface area contributed by atoms with Gasteiger partial charge in [0.15, 0.2) is 16.1 Å². The lowest BCUT2D eigenvalue weighted by atomic mass is 10.1. The number of carbonyl (C=O) groups excluding carboxylic acids is 2. The summed E-state index contributed by atoms with van der Waals surface area (Å²) >= 11 is 2.56. The molecule has 10 heteroatoms. The fourth-order valence-corrected chi connectivity index (χ4v) is 4.17. The molecule has 0 saturated heterocycles. The summed E-state index contributed by atoms with van der Waals surface area (Å²) in [6, 6.07) is 8.03. The zero-order valence-electron chi connectivity index (χ0n) is 17.3. The lowest BCUT2D eigenvalue weighted by molar-refractivity contribution is -0.142. The van der Waals surface area contributed by atoms with Gasteiger partial charge in [-0.05, 0) is 13.8 Å². The van der Waals surface area contributed by atoms with E-state index in [1.165, 1.54) is 23.1 Å². The molecular weight excluding hydrogens is 434 g/mol. The monoisotopic (exact) mass is 457 g/mol. The summed E-state index contributed by atoms with van der Waals surface area (Å²) in [7, 11) is 0. The minimum absolute atomic E-state index is 0.0847. The molecule has 2 aromatic heterocycles. The van der Waals surface area contributed by atoms with E-state index in [-0.39, 0.29) is 24.1 Å². The van der Waals surface area contributed by atoms with Crippen LogP contribution in [0.3, 0.4) is 0 Å². The maximum atomic E-state index is 12.4. The van der Waals surface area contributed by atoms with Gasteiger partial charge in [0.25, 0.3) is 0 Å². The Hall–Kier alpha value is -2.98. The van der Waals surface area contributed by atoms with Crippen molar-refractivity contribution in [1.29, 1.82) is 0 Å². The van der Waals surface area contributed by atoms with Gasteiger partial charge in [-0.25, -0.2) is 4.98 Å². The highest BCUT2D eigenvalue weighted by atomic mass is 32.2. The van der Waals surface area contributed by atoms with Gasteiger partial charge in [-0.3, -0.25) is 14.2 Å². The fourth-order valence-electron chi connectivity index (χ4n) is 2.70. The summed E-state index contributed by atoms with van der Waals surface area (Å²) < 4.78 is 6.83. The van der Waals surface area contributed by atoms with Crippen LogP contribution in [0.1, 0.15) is 18.2 Å². The molecule has 1 aromatic carbocycles. The molecule has 3 aromatic rings. The van der Waals surface area contributed by atoms with E-state index in [0.29, 0.717) is 29.1 Å². The van der Waals surface area contributed by atoms with Crippen molar-refractivity contribution in [3.8, 4) is 11.4 Å². The van der Waals surface area contributed by atoms with Gasteiger partial charge in [0, 0.05) is 17.5 Å². The highest BCUT2D eigenvalue weighted by molar-refractivity contribution is 7.99. The lowest BCUT2D eigenvalue weighted by Gasteiger charge is -2.08. The number of amides is 1. The van der Waals surface area contributed by atoms with Crippen molar-refractivity contribution >= 4 is 40.1 Å².